The van der Waals surface area contributed by atoms with Crippen LogP contribution in [-0.2, 0) is 25.7 Å². The summed E-state index contributed by atoms with van der Waals surface area (Å²) in [6.07, 6.45) is 9.29. The fourth-order valence-electron chi connectivity index (χ4n) is 5.31. The molecule has 2 aromatic carbocycles. The Hall–Kier alpha value is -2.05. The van der Waals surface area contributed by atoms with Crippen molar-refractivity contribution in [3.8, 4) is 22.9 Å². The zero-order chi connectivity index (χ0) is 26.8. The molecule has 0 unspecified atom stereocenters. The van der Waals surface area contributed by atoms with Gasteiger partial charge in [0.1, 0.15) is 16.1 Å². The lowest BCUT2D eigenvalue weighted by molar-refractivity contribution is 0.774. The highest BCUT2D eigenvalue weighted by Crippen LogP contribution is 2.44. The summed E-state index contributed by atoms with van der Waals surface area (Å²) in [5.74, 6) is 7.49. The number of unbranched alkanes of at least 4 members (excludes halogenated alkanes) is 2. The van der Waals surface area contributed by atoms with Crippen molar-refractivity contribution < 1.29 is 0 Å². The number of hydrogen-bond donors (Lipinski definition) is 0. The van der Waals surface area contributed by atoms with Crippen molar-refractivity contribution in [1.82, 2.24) is 0 Å². The molecule has 0 N–H and O–H groups in total. The van der Waals surface area contributed by atoms with E-state index in [9.17, 15) is 0 Å². The molecule has 0 atom stereocenters. The van der Waals surface area contributed by atoms with Crippen LogP contribution in [0.2, 0.25) is 39.3 Å². The normalized spacial score (nSPS) is 12.9. The third kappa shape index (κ3) is 6.51. The van der Waals surface area contributed by atoms with Gasteiger partial charge in [-0.05, 0) is 71.9 Å². The predicted octanol–water partition coefficient (Wildman–Crippen LogP) is 9.54. The lowest BCUT2D eigenvalue weighted by atomic mass is 9.77. The van der Waals surface area contributed by atoms with E-state index < -0.39 is 16.1 Å². The van der Waals surface area contributed by atoms with Crippen molar-refractivity contribution in [3.05, 3.63) is 67.4 Å². The molecule has 1 aliphatic carbocycles. The SMILES string of the molecule is CCCCc1c2c(c(CCCC)c3c(C#C[Si](C)(C)C)sc(C#C[Si](C)(C)C)c13)Cc1ccccc1C2. The first-order chi connectivity index (χ1) is 17.5. The molecular formula is C34H44SSi2. The predicted molar refractivity (Wildman–Crippen MR) is 172 cm³/mol. The van der Waals surface area contributed by atoms with E-state index in [1.165, 1.54) is 57.3 Å². The first-order valence-corrected chi connectivity index (χ1v) is 22.1. The number of aryl methyl sites for hydroxylation is 2. The van der Waals surface area contributed by atoms with Gasteiger partial charge >= 0.3 is 0 Å². The van der Waals surface area contributed by atoms with Crippen LogP contribution in [0.25, 0.3) is 10.8 Å². The van der Waals surface area contributed by atoms with Crippen molar-refractivity contribution in [2.45, 2.75) is 104 Å². The Morgan fingerprint density at radius 2 is 1.08 bits per heavy atom. The van der Waals surface area contributed by atoms with Gasteiger partial charge in [-0.15, -0.1) is 22.4 Å². The minimum absolute atomic E-state index is 1.06. The van der Waals surface area contributed by atoms with Gasteiger partial charge in [0.25, 0.3) is 0 Å². The van der Waals surface area contributed by atoms with Gasteiger partial charge < -0.3 is 0 Å². The van der Waals surface area contributed by atoms with Crippen molar-refractivity contribution in [3.63, 3.8) is 0 Å². The summed E-state index contributed by atoms with van der Waals surface area (Å²) in [6, 6.07) is 9.13. The molecule has 37 heavy (non-hydrogen) atoms. The maximum absolute atomic E-state index is 3.75. The monoisotopic (exact) mass is 540 g/mol. The molecule has 0 saturated heterocycles. The van der Waals surface area contributed by atoms with Crippen LogP contribution in [0.5, 0.6) is 0 Å². The largest absolute Gasteiger partial charge is 0.129 e. The quantitative estimate of drug-likeness (QED) is 0.169. The Labute approximate surface area is 232 Å². The second-order valence-corrected chi connectivity index (χ2v) is 23.3. The Morgan fingerprint density at radius 1 is 0.676 bits per heavy atom. The summed E-state index contributed by atoms with van der Waals surface area (Å²) in [6.45, 7) is 18.8. The zero-order valence-electron chi connectivity index (χ0n) is 24.4. The molecule has 0 aliphatic heterocycles. The van der Waals surface area contributed by atoms with E-state index in [2.05, 4.69) is 100 Å². The average molecular weight is 541 g/mol. The van der Waals surface area contributed by atoms with Crippen LogP contribution in [0.4, 0.5) is 0 Å². The minimum Gasteiger partial charge on any atom is -0.126 e. The fourth-order valence-corrected chi connectivity index (χ4v) is 7.55. The van der Waals surface area contributed by atoms with Crippen molar-refractivity contribution in [2.75, 3.05) is 0 Å². The number of rotatable bonds is 6. The molecule has 0 fully saturated rings. The van der Waals surface area contributed by atoms with Gasteiger partial charge in [0, 0.05) is 10.8 Å². The molecule has 0 spiro atoms. The van der Waals surface area contributed by atoms with Crippen LogP contribution in [0.1, 0.15) is 82.7 Å². The Balaban J connectivity index is 2.12. The van der Waals surface area contributed by atoms with Crippen LogP contribution in [0.15, 0.2) is 24.3 Å². The molecule has 1 aromatic heterocycles. The summed E-state index contributed by atoms with van der Waals surface area (Å²) in [4.78, 5) is 2.56. The molecule has 0 nitrogen and oxygen atoms in total. The first-order valence-electron chi connectivity index (χ1n) is 14.3. The molecule has 0 amide bonds. The van der Waals surface area contributed by atoms with E-state index in [1.807, 2.05) is 11.3 Å². The number of hydrogen-bond acceptors (Lipinski definition) is 1. The highest BCUT2D eigenvalue weighted by atomic mass is 32.1. The summed E-state index contributed by atoms with van der Waals surface area (Å²) in [7, 11) is -3.01. The number of benzene rings is 2. The summed E-state index contributed by atoms with van der Waals surface area (Å²) in [5, 5.41) is 2.93. The Morgan fingerprint density at radius 3 is 1.43 bits per heavy atom. The highest BCUT2D eigenvalue weighted by molar-refractivity contribution is 7.15. The van der Waals surface area contributed by atoms with Gasteiger partial charge in [-0.1, -0.05) is 102 Å². The van der Waals surface area contributed by atoms with Crippen LogP contribution >= 0.6 is 11.3 Å². The molecule has 0 saturated carbocycles. The van der Waals surface area contributed by atoms with Crippen LogP contribution in [0, 0.1) is 22.9 Å². The average Bonchev–Trinajstić information content (AvgIpc) is 3.20. The first kappa shape index (κ1) is 28.0. The number of thiophene rings is 1. The highest BCUT2D eigenvalue weighted by Gasteiger charge is 2.28. The van der Waals surface area contributed by atoms with Crippen molar-refractivity contribution in [2.24, 2.45) is 0 Å². The molecule has 0 radical (unpaired) electrons. The molecule has 3 heteroatoms. The van der Waals surface area contributed by atoms with Gasteiger partial charge in [0.05, 0.1) is 9.75 Å². The van der Waals surface area contributed by atoms with Crippen molar-refractivity contribution in [1.29, 1.82) is 0 Å². The van der Waals surface area contributed by atoms with E-state index in [0.29, 0.717) is 0 Å². The van der Waals surface area contributed by atoms with Gasteiger partial charge in [-0.3, -0.25) is 0 Å². The standard InChI is InChI=1S/C34H44SSi2/c1-9-11-17-27-29-23-25-15-13-14-16-26(25)24-30(29)28(18-12-10-2)34-32(20-22-37(6,7)8)35-31(33(27)34)19-21-36(3,4)5/h13-16H,9-12,17-18,23-24H2,1-8H3. The fraction of sp³-hybridized carbons (Fsp3) is 0.471. The van der Waals surface area contributed by atoms with Crippen LogP contribution < -0.4 is 0 Å². The number of fused-ring (bicyclic) bond motifs is 3. The molecule has 1 heterocycles. The lowest BCUT2D eigenvalue weighted by Crippen LogP contribution is -2.16. The Bertz CT molecular complexity index is 1310. The molecule has 1 aliphatic rings. The maximum atomic E-state index is 3.75. The van der Waals surface area contributed by atoms with E-state index in [-0.39, 0.29) is 0 Å². The van der Waals surface area contributed by atoms with Gasteiger partial charge in [-0.25, -0.2) is 0 Å². The molecule has 194 valence electrons. The van der Waals surface area contributed by atoms with Crippen molar-refractivity contribution >= 4 is 38.3 Å². The van der Waals surface area contributed by atoms with Gasteiger partial charge in [-0.2, -0.15) is 0 Å². The van der Waals surface area contributed by atoms with E-state index in [4.69, 9.17) is 0 Å². The van der Waals surface area contributed by atoms with Crippen LogP contribution in [0.3, 0.4) is 0 Å². The van der Waals surface area contributed by atoms with Gasteiger partial charge in [0.2, 0.25) is 0 Å². The van der Waals surface area contributed by atoms with E-state index in [1.54, 1.807) is 22.3 Å². The lowest BCUT2D eigenvalue weighted by Gasteiger charge is -2.27. The Kier molecular flexibility index (Phi) is 8.59. The summed E-state index contributed by atoms with van der Waals surface area (Å²) >= 11 is 1.89. The second kappa shape index (κ2) is 11.4. The summed E-state index contributed by atoms with van der Waals surface area (Å²) in [5.41, 5.74) is 16.9. The third-order valence-corrected chi connectivity index (χ3v) is 9.89. The molecule has 4 rings (SSSR count). The topological polar surface area (TPSA) is 0 Å². The minimum atomic E-state index is -1.50. The second-order valence-electron chi connectivity index (χ2n) is 12.8. The van der Waals surface area contributed by atoms with Gasteiger partial charge in [0.15, 0.2) is 0 Å². The zero-order valence-corrected chi connectivity index (χ0v) is 27.2. The third-order valence-electron chi connectivity index (χ3n) is 7.12. The summed E-state index contributed by atoms with van der Waals surface area (Å²) < 4.78 is 0. The molecule has 3 aromatic rings. The molecule has 0 bridgehead atoms. The van der Waals surface area contributed by atoms with Crippen LogP contribution in [-0.4, -0.2) is 16.1 Å². The smallest absolute Gasteiger partial charge is 0.126 e. The van der Waals surface area contributed by atoms with E-state index in [0.717, 1.165) is 25.7 Å². The maximum Gasteiger partial charge on any atom is 0.129 e. The van der Waals surface area contributed by atoms with E-state index >= 15 is 0 Å². The molecular weight excluding hydrogens is 497 g/mol.